The highest BCUT2D eigenvalue weighted by molar-refractivity contribution is 5.45. The van der Waals surface area contributed by atoms with Gasteiger partial charge >= 0.3 is 0 Å². The van der Waals surface area contributed by atoms with Crippen molar-refractivity contribution in [2.45, 2.75) is 333 Å². The van der Waals surface area contributed by atoms with Crippen LogP contribution in [-0.4, -0.2) is 106 Å². The number of hydrogen-bond acceptors (Lipinski definition) is 11. The van der Waals surface area contributed by atoms with Crippen LogP contribution in [0.2, 0.25) is 0 Å². The first kappa shape index (κ1) is 97.9. The highest BCUT2D eigenvalue weighted by atomic mass is 16.5. The van der Waals surface area contributed by atoms with Crippen molar-refractivity contribution < 1.29 is 37.9 Å². The fourth-order valence-electron chi connectivity index (χ4n) is 12.3. The van der Waals surface area contributed by atoms with Gasteiger partial charge in [-0.1, -0.05) is 101 Å². The predicted octanol–water partition coefficient (Wildman–Crippen LogP) is 25.5. The lowest BCUT2D eigenvalue weighted by Gasteiger charge is -2.29. The van der Waals surface area contributed by atoms with Crippen molar-refractivity contribution in [3.63, 3.8) is 0 Å². The fourth-order valence-corrected chi connectivity index (χ4v) is 12.3. The van der Waals surface area contributed by atoms with Gasteiger partial charge in [0.1, 0.15) is 28.7 Å². The minimum absolute atomic E-state index is 0.0757. The second-order valence-electron chi connectivity index (χ2n) is 35.0. The third-order valence-corrected chi connectivity index (χ3v) is 19.0. The Bertz CT molecular complexity index is 3190. The van der Waals surface area contributed by atoms with Gasteiger partial charge in [0, 0.05) is 0 Å². The zero-order chi connectivity index (χ0) is 80.2. The largest absolute Gasteiger partial charge is 0.494 e. The van der Waals surface area contributed by atoms with E-state index in [0.717, 1.165) is 113 Å². The third kappa shape index (κ3) is 40.2. The van der Waals surface area contributed by atoms with Gasteiger partial charge in [-0.15, -0.1) is 0 Å². The second-order valence-corrected chi connectivity index (χ2v) is 35.0. The zero-order valence-electron chi connectivity index (χ0n) is 74.2. The summed E-state index contributed by atoms with van der Waals surface area (Å²) in [6.45, 7) is 78.5. The first-order valence-corrected chi connectivity index (χ1v) is 40.5. The number of aryl methyl sites for hydroxylation is 8. The zero-order valence-corrected chi connectivity index (χ0v) is 74.2. The predicted molar refractivity (Wildman–Crippen MR) is 454 cm³/mol. The van der Waals surface area contributed by atoms with Gasteiger partial charge in [0.15, 0.2) is 0 Å². The molecule has 105 heavy (non-hydrogen) atoms. The Balaban J connectivity index is 0.000000675. The second kappa shape index (κ2) is 48.4. The Morgan fingerprint density at radius 3 is 0.924 bits per heavy atom. The van der Waals surface area contributed by atoms with E-state index in [1.807, 2.05) is 6.07 Å². The number of unbranched alkanes of at least 4 members (excludes halogenated alkanes) is 3. The van der Waals surface area contributed by atoms with Gasteiger partial charge in [0.05, 0.1) is 68.1 Å². The summed E-state index contributed by atoms with van der Waals surface area (Å²) in [5, 5.41) is 0. The van der Waals surface area contributed by atoms with Crippen LogP contribution >= 0.6 is 0 Å². The summed E-state index contributed by atoms with van der Waals surface area (Å²) in [6, 6.07) is 25.9. The first-order chi connectivity index (χ1) is 48.7. The van der Waals surface area contributed by atoms with E-state index in [9.17, 15) is 0 Å². The third-order valence-electron chi connectivity index (χ3n) is 19.0. The van der Waals surface area contributed by atoms with Crippen LogP contribution < -0.4 is 29.4 Å². The van der Waals surface area contributed by atoms with E-state index >= 15 is 0 Å². The Hall–Kier alpha value is -5.14. The van der Waals surface area contributed by atoms with Crippen LogP contribution in [0.25, 0.3) is 0 Å². The maximum Gasteiger partial charge on any atom is 0.122 e. The van der Waals surface area contributed by atoms with Crippen LogP contribution in [0, 0.1) is 66.2 Å². The van der Waals surface area contributed by atoms with E-state index in [1.54, 1.807) is 0 Å². The standard InChI is InChI=1S/C28H53N3O2.C17H28O2.C17H28O.C16H26O2.C16H26O/c1-23-22-27(24(2)21-26(23)25(3)33-28(4,5)6)32-20-13-9-10-16-30(7)17-11-12-18-31(8)19-14-15-29;1-8-9-18-16-11-12(2)15(10-13(16)3)14(4)19-17(5,6)7;1-8-9-18-16-11-12(2)15(10-13(16)3)14(4)17(5,6)7;1-7-10-17-14-9-8-12(2)15(11-14)13(3)18-16(4,5)6;1-7-10-17-14-9-8-12(2)15(11-14)13(3)16(4,5)6/h21-22,25H,9-20,29H2,1-8H3;10-11,14H,8-9H2,1-7H3;10-11,14H,8-9H2,1-7H3;8-9,11,13H,7,10H2,1-6H3;8-9,11,13H,7,10H2,1-6H3. The van der Waals surface area contributed by atoms with E-state index in [4.69, 9.17) is 43.6 Å². The van der Waals surface area contributed by atoms with Gasteiger partial charge in [0.2, 0.25) is 0 Å². The van der Waals surface area contributed by atoms with Crippen molar-refractivity contribution in [2.75, 3.05) is 79.9 Å². The maximum absolute atomic E-state index is 6.15. The Kier molecular flexibility index (Phi) is 45.1. The summed E-state index contributed by atoms with van der Waals surface area (Å²) in [7, 11) is 4.44. The van der Waals surface area contributed by atoms with Crippen LogP contribution in [0.1, 0.15) is 333 Å². The summed E-state index contributed by atoms with van der Waals surface area (Å²) in [5.74, 6) is 6.06. The Labute approximate surface area is 647 Å². The molecule has 0 heterocycles. The van der Waals surface area contributed by atoms with Crippen molar-refractivity contribution in [1.82, 2.24) is 9.80 Å². The van der Waals surface area contributed by atoms with Crippen LogP contribution in [-0.2, 0) is 14.2 Å². The fraction of sp³-hybridized carbons (Fsp3) is 0.681. The van der Waals surface area contributed by atoms with Gasteiger partial charge in [-0.05, 0) is 399 Å². The topological polar surface area (TPSA) is 106 Å². The molecule has 0 amide bonds. The maximum atomic E-state index is 6.15. The molecule has 0 aromatic heterocycles. The van der Waals surface area contributed by atoms with Crippen molar-refractivity contribution >= 4 is 0 Å². The highest BCUT2D eigenvalue weighted by Crippen LogP contribution is 2.40. The van der Waals surface area contributed by atoms with E-state index in [0.29, 0.717) is 17.3 Å². The minimum Gasteiger partial charge on any atom is -0.494 e. The molecule has 0 bridgehead atoms. The van der Waals surface area contributed by atoms with Gasteiger partial charge in [-0.25, -0.2) is 0 Å². The van der Waals surface area contributed by atoms with E-state index in [1.165, 1.54) is 118 Å². The van der Waals surface area contributed by atoms with Gasteiger partial charge in [-0.3, -0.25) is 0 Å². The quantitative estimate of drug-likeness (QED) is 0.0392. The molecule has 5 aromatic carbocycles. The summed E-state index contributed by atoms with van der Waals surface area (Å²) < 4.78 is 47.3. The molecular formula is C94H161N3O8. The van der Waals surface area contributed by atoms with Crippen molar-refractivity contribution in [3.8, 4) is 28.7 Å². The van der Waals surface area contributed by atoms with Crippen LogP contribution in [0.3, 0.4) is 0 Å². The molecule has 0 aliphatic rings. The van der Waals surface area contributed by atoms with Gasteiger partial charge in [0.25, 0.3) is 0 Å². The van der Waals surface area contributed by atoms with Gasteiger partial charge in [-0.2, -0.15) is 0 Å². The lowest BCUT2D eigenvalue weighted by Crippen LogP contribution is -2.25. The Morgan fingerprint density at radius 1 is 0.314 bits per heavy atom. The molecule has 0 fully saturated rings. The number of ether oxygens (including phenoxy) is 8. The Morgan fingerprint density at radius 2 is 0.590 bits per heavy atom. The molecule has 5 atom stereocenters. The number of rotatable bonds is 35. The normalized spacial score (nSPS) is 13.4. The number of nitrogens with two attached hydrogens (primary N) is 1. The molecule has 11 heteroatoms. The van der Waals surface area contributed by atoms with Crippen LogP contribution in [0.4, 0.5) is 0 Å². The summed E-state index contributed by atoms with van der Waals surface area (Å²) in [6.07, 6.45) is 11.6. The van der Waals surface area contributed by atoms with Crippen LogP contribution in [0.5, 0.6) is 28.7 Å². The number of benzene rings is 5. The minimum atomic E-state index is -0.149. The molecule has 5 aromatic rings. The number of hydrogen-bond donors (Lipinski definition) is 1. The van der Waals surface area contributed by atoms with Crippen LogP contribution in [0.15, 0.2) is 72.8 Å². The van der Waals surface area contributed by atoms with E-state index in [2.05, 4.69) is 312 Å². The summed E-state index contributed by atoms with van der Waals surface area (Å²) in [4.78, 5) is 4.86. The average Bonchev–Trinajstić information content (AvgIpc) is 0.829. The van der Waals surface area contributed by atoms with E-state index in [-0.39, 0.29) is 40.5 Å². The average molecular weight is 1460 g/mol. The molecule has 600 valence electrons. The molecule has 11 nitrogen and oxygen atoms in total. The van der Waals surface area contributed by atoms with Gasteiger partial charge < -0.3 is 53.4 Å². The molecule has 0 saturated carbocycles. The first-order valence-electron chi connectivity index (χ1n) is 40.5. The van der Waals surface area contributed by atoms with Crippen molar-refractivity contribution in [2.24, 2.45) is 16.6 Å². The highest BCUT2D eigenvalue weighted by Gasteiger charge is 2.27. The lowest BCUT2D eigenvalue weighted by atomic mass is 9.76. The molecule has 0 radical (unpaired) electrons. The molecule has 5 rings (SSSR count). The number of nitrogens with zero attached hydrogens (tertiary/aromatic N) is 2. The molecule has 0 aliphatic carbocycles. The molecule has 0 spiro atoms. The molecule has 0 aliphatic heterocycles. The molecule has 0 saturated heterocycles. The molecule has 5 unspecified atom stereocenters. The SMILES string of the molecule is CCCOc1cc(C)c(C(C)C(C)(C)C)cc1C.CCCOc1cc(C)c(C(C)OC(C)(C)C)cc1C.CCCOc1ccc(C)c(C(C)C(C)(C)C)c1.CCCOc1ccc(C)c(C(C)OC(C)(C)C)c1.Cc1cc(C(C)OC(C)(C)C)c(C)cc1OCCCCCN(C)CCCCN(C)CCCN. The lowest BCUT2D eigenvalue weighted by molar-refractivity contribution is -0.0536. The molecule has 2 N–H and O–H groups in total. The van der Waals surface area contributed by atoms with Crippen molar-refractivity contribution in [1.29, 1.82) is 0 Å². The monoisotopic (exact) mass is 1460 g/mol. The summed E-state index contributed by atoms with van der Waals surface area (Å²) >= 11 is 0. The van der Waals surface area contributed by atoms with Crippen molar-refractivity contribution in [3.05, 3.63) is 145 Å². The smallest absolute Gasteiger partial charge is 0.122 e. The summed E-state index contributed by atoms with van der Waals surface area (Å²) in [5.41, 5.74) is 22.3. The van der Waals surface area contributed by atoms with E-state index < -0.39 is 0 Å². The molecular weight excluding hydrogens is 1300 g/mol.